The molecule has 0 heterocycles. The molecule has 2 unspecified atom stereocenters. The van der Waals surface area contributed by atoms with Crippen molar-refractivity contribution in [2.75, 3.05) is 0 Å². The molecule has 2 atom stereocenters. The summed E-state index contributed by atoms with van der Waals surface area (Å²) in [5.41, 5.74) is 2.75. The second kappa shape index (κ2) is 2.88. The molecule has 0 spiro atoms. The van der Waals surface area contributed by atoms with Gasteiger partial charge in [-0.05, 0) is 48.2 Å². The molecule has 1 saturated carbocycles. The second-order valence-corrected chi connectivity index (χ2v) is 5.73. The van der Waals surface area contributed by atoms with Crippen molar-refractivity contribution in [3.63, 3.8) is 0 Å². The van der Waals surface area contributed by atoms with Crippen molar-refractivity contribution in [3.8, 4) is 0 Å². The van der Waals surface area contributed by atoms with E-state index in [9.17, 15) is 5.11 Å². The minimum Gasteiger partial charge on any atom is -0.508 e. The van der Waals surface area contributed by atoms with Crippen LogP contribution in [0.15, 0.2) is 23.0 Å². The zero-order chi connectivity index (χ0) is 10.5. The molecule has 2 rings (SSSR count). The lowest BCUT2D eigenvalue weighted by molar-refractivity contribution is 0.334. The van der Waals surface area contributed by atoms with Crippen molar-refractivity contribution in [1.82, 2.24) is 0 Å². The summed E-state index contributed by atoms with van der Waals surface area (Å²) >= 11 is 0. The van der Waals surface area contributed by atoms with Crippen LogP contribution in [0.4, 0.5) is 0 Å². The van der Waals surface area contributed by atoms with Gasteiger partial charge in [0.1, 0.15) is 5.76 Å². The van der Waals surface area contributed by atoms with E-state index in [2.05, 4.69) is 26.8 Å². The van der Waals surface area contributed by atoms with Crippen molar-refractivity contribution in [2.45, 2.75) is 40.5 Å². The predicted octanol–water partition coefficient (Wildman–Crippen LogP) is 3.83. The van der Waals surface area contributed by atoms with Crippen LogP contribution in [0.25, 0.3) is 0 Å². The molecule has 0 saturated heterocycles. The minimum absolute atomic E-state index is 0.376. The summed E-state index contributed by atoms with van der Waals surface area (Å²) in [4.78, 5) is 0. The van der Waals surface area contributed by atoms with Crippen LogP contribution in [0, 0.1) is 17.3 Å². The molecular formula is C13H20O. The highest BCUT2D eigenvalue weighted by Crippen LogP contribution is 2.51. The predicted molar refractivity (Wildman–Crippen MR) is 59.1 cm³/mol. The van der Waals surface area contributed by atoms with Crippen LogP contribution in [0.3, 0.4) is 0 Å². The molecule has 0 aromatic heterocycles. The molecule has 0 aliphatic heterocycles. The number of aliphatic hydroxyl groups excluding tert-OH is 1. The Morgan fingerprint density at radius 1 is 1.43 bits per heavy atom. The van der Waals surface area contributed by atoms with Crippen molar-refractivity contribution in [1.29, 1.82) is 0 Å². The molecule has 1 nitrogen and oxygen atoms in total. The van der Waals surface area contributed by atoms with E-state index in [0.717, 1.165) is 12.0 Å². The lowest BCUT2D eigenvalue weighted by Gasteiger charge is -2.25. The topological polar surface area (TPSA) is 20.2 Å². The third kappa shape index (κ3) is 1.39. The molecule has 0 aromatic rings. The van der Waals surface area contributed by atoms with Crippen LogP contribution in [-0.4, -0.2) is 5.11 Å². The third-order valence-corrected chi connectivity index (χ3v) is 3.71. The van der Waals surface area contributed by atoms with Crippen LogP contribution in [0.1, 0.15) is 40.5 Å². The normalized spacial score (nSPS) is 35.6. The fourth-order valence-corrected chi connectivity index (χ4v) is 3.04. The van der Waals surface area contributed by atoms with Gasteiger partial charge in [-0.3, -0.25) is 0 Å². The average Bonchev–Trinajstić information content (AvgIpc) is 2.38. The van der Waals surface area contributed by atoms with E-state index in [0.29, 0.717) is 23.0 Å². The summed E-state index contributed by atoms with van der Waals surface area (Å²) in [5.74, 6) is 1.77. The van der Waals surface area contributed by atoms with Crippen LogP contribution >= 0.6 is 0 Å². The Bertz CT molecular complexity index is 320. The first-order valence-corrected chi connectivity index (χ1v) is 5.51. The molecule has 78 valence electrons. The molecule has 2 aliphatic carbocycles. The number of fused-ring (bicyclic) bond motifs is 1. The van der Waals surface area contributed by atoms with Gasteiger partial charge >= 0.3 is 0 Å². The van der Waals surface area contributed by atoms with Crippen LogP contribution < -0.4 is 0 Å². The summed E-state index contributed by atoms with van der Waals surface area (Å²) in [6.07, 6.45) is 4.50. The molecule has 1 N–H and O–H groups in total. The van der Waals surface area contributed by atoms with E-state index in [-0.39, 0.29) is 0 Å². The molecule has 0 radical (unpaired) electrons. The highest BCUT2D eigenvalue weighted by molar-refractivity contribution is 5.37. The van der Waals surface area contributed by atoms with Gasteiger partial charge in [0.25, 0.3) is 0 Å². The number of allylic oxidation sites excluding steroid dienone is 3. The number of rotatable bonds is 0. The minimum atomic E-state index is 0.376. The van der Waals surface area contributed by atoms with Crippen LogP contribution in [-0.2, 0) is 0 Å². The molecule has 0 bridgehead atoms. The molecule has 14 heavy (non-hydrogen) atoms. The second-order valence-electron chi connectivity index (χ2n) is 5.73. The Morgan fingerprint density at radius 2 is 2.07 bits per heavy atom. The maximum atomic E-state index is 10.0. The molecular weight excluding hydrogens is 172 g/mol. The Balaban J connectivity index is 2.40. The lowest BCUT2D eigenvalue weighted by atomic mass is 9.81. The summed E-state index contributed by atoms with van der Waals surface area (Å²) in [6, 6.07) is 0. The average molecular weight is 192 g/mol. The van der Waals surface area contributed by atoms with E-state index in [1.807, 2.05) is 6.92 Å². The van der Waals surface area contributed by atoms with Gasteiger partial charge in [0.15, 0.2) is 0 Å². The molecule has 0 aromatic carbocycles. The fraction of sp³-hybridized carbons (Fsp3) is 0.692. The zero-order valence-corrected chi connectivity index (χ0v) is 9.59. The quantitative estimate of drug-likeness (QED) is 0.618. The smallest absolute Gasteiger partial charge is 0.117 e. The first-order valence-electron chi connectivity index (χ1n) is 5.51. The van der Waals surface area contributed by atoms with E-state index >= 15 is 0 Å². The van der Waals surface area contributed by atoms with Gasteiger partial charge < -0.3 is 5.11 Å². The van der Waals surface area contributed by atoms with Gasteiger partial charge in [-0.2, -0.15) is 0 Å². The lowest BCUT2D eigenvalue weighted by Crippen LogP contribution is -2.15. The molecule has 1 heteroatoms. The van der Waals surface area contributed by atoms with Gasteiger partial charge in [-0.25, -0.2) is 0 Å². The number of hydrogen-bond acceptors (Lipinski definition) is 1. The standard InChI is InChI=1S/C13H20O/c1-8-5-9(2)12(14)11-7-13(3,4)6-10(8)11/h5,8,10,14H,6-7H2,1-4H3. The molecule has 0 amide bonds. The summed E-state index contributed by atoms with van der Waals surface area (Å²) < 4.78 is 0. The van der Waals surface area contributed by atoms with E-state index in [1.165, 1.54) is 12.0 Å². The summed E-state index contributed by atoms with van der Waals surface area (Å²) in [5, 5.41) is 10.0. The Kier molecular flexibility index (Phi) is 2.02. The van der Waals surface area contributed by atoms with Gasteiger partial charge in [-0.15, -0.1) is 0 Å². The maximum absolute atomic E-state index is 10.0. The largest absolute Gasteiger partial charge is 0.508 e. The highest BCUT2D eigenvalue weighted by Gasteiger charge is 2.40. The van der Waals surface area contributed by atoms with Crippen molar-refractivity contribution < 1.29 is 5.11 Å². The van der Waals surface area contributed by atoms with Crippen LogP contribution in [0.2, 0.25) is 0 Å². The van der Waals surface area contributed by atoms with Gasteiger partial charge in [0.05, 0.1) is 0 Å². The SMILES string of the molecule is CC1=CC(C)C2CC(C)(C)CC2=C1O. The Labute approximate surface area is 86.5 Å². The van der Waals surface area contributed by atoms with E-state index in [4.69, 9.17) is 0 Å². The third-order valence-electron chi connectivity index (χ3n) is 3.71. The van der Waals surface area contributed by atoms with E-state index < -0.39 is 0 Å². The van der Waals surface area contributed by atoms with Crippen molar-refractivity contribution in [3.05, 3.63) is 23.0 Å². The summed E-state index contributed by atoms with van der Waals surface area (Å²) in [7, 11) is 0. The first kappa shape index (κ1) is 9.82. The van der Waals surface area contributed by atoms with Crippen LogP contribution in [0.5, 0.6) is 0 Å². The van der Waals surface area contributed by atoms with E-state index in [1.54, 1.807) is 0 Å². The van der Waals surface area contributed by atoms with Gasteiger partial charge in [-0.1, -0.05) is 26.8 Å². The molecule has 2 aliphatic rings. The maximum Gasteiger partial charge on any atom is 0.117 e. The monoisotopic (exact) mass is 192 g/mol. The van der Waals surface area contributed by atoms with Crippen molar-refractivity contribution >= 4 is 0 Å². The Morgan fingerprint density at radius 3 is 2.71 bits per heavy atom. The summed E-state index contributed by atoms with van der Waals surface area (Å²) in [6.45, 7) is 8.88. The fourth-order valence-electron chi connectivity index (χ4n) is 3.04. The molecule has 1 fully saturated rings. The first-order chi connectivity index (χ1) is 6.41. The zero-order valence-electron chi connectivity index (χ0n) is 9.59. The number of aliphatic hydroxyl groups is 1. The van der Waals surface area contributed by atoms with Crippen molar-refractivity contribution in [2.24, 2.45) is 17.3 Å². The van der Waals surface area contributed by atoms with Gasteiger partial charge in [0, 0.05) is 0 Å². The Hall–Kier alpha value is -0.720. The number of hydrogen-bond donors (Lipinski definition) is 1. The van der Waals surface area contributed by atoms with Gasteiger partial charge in [0.2, 0.25) is 0 Å². The highest BCUT2D eigenvalue weighted by atomic mass is 16.3.